The molecule has 2 unspecified atom stereocenters. The van der Waals surface area contributed by atoms with E-state index >= 15 is 0 Å². The van der Waals surface area contributed by atoms with E-state index in [0.29, 0.717) is 0 Å². The third-order valence-electron chi connectivity index (χ3n) is 4.55. The minimum absolute atomic E-state index is 0.111. The summed E-state index contributed by atoms with van der Waals surface area (Å²) in [5, 5.41) is 8.91. The van der Waals surface area contributed by atoms with Gasteiger partial charge < -0.3 is 0 Å². The van der Waals surface area contributed by atoms with Crippen LogP contribution in [0.3, 0.4) is 0 Å². The van der Waals surface area contributed by atoms with E-state index in [2.05, 4.69) is 0 Å². The maximum atomic E-state index is 12.5. The summed E-state index contributed by atoms with van der Waals surface area (Å²) in [7, 11) is 0. The SMILES string of the molecule is Cc1ccc(C(C)C(=O)CC(CN2C(=O)CCC2=O)C(=O)NO)cc1. The van der Waals surface area contributed by atoms with Gasteiger partial charge in [-0.15, -0.1) is 0 Å². The van der Waals surface area contributed by atoms with Crippen LogP contribution in [-0.2, 0) is 19.2 Å². The number of hydrogen-bond donors (Lipinski definition) is 2. The summed E-state index contributed by atoms with van der Waals surface area (Å²) in [4.78, 5) is 48.9. The van der Waals surface area contributed by atoms with Crippen LogP contribution in [0.5, 0.6) is 0 Å². The molecule has 25 heavy (non-hydrogen) atoms. The Bertz CT molecular complexity index is 667. The number of Topliss-reactive ketones (excluding diaryl/α,β-unsaturated/α-hetero) is 1. The normalized spacial score (nSPS) is 16.7. The average molecular weight is 346 g/mol. The lowest BCUT2D eigenvalue weighted by Crippen LogP contribution is -2.41. The lowest BCUT2D eigenvalue weighted by Gasteiger charge is -2.22. The van der Waals surface area contributed by atoms with E-state index in [0.717, 1.165) is 16.0 Å². The lowest BCUT2D eigenvalue weighted by molar-refractivity contribution is -0.143. The van der Waals surface area contributed by atoms with Crippen molar-refractivity contribution in [1.82, 2.24) is 10.4 Å². The van der Waals surface area contributed by atoms with Gasteiger partial charge in [-0.05, 0) is 12.5 Å². The number of hydrogen-bond acceptors (Lipinski definition) is 5. The first kappa shape index (κ1) is 18.8. The van der Waals surface area contributed by atoms with E-state index in [9.17, 15) is 19.2 Å². The van der Waals surface area contributed by atoms with E-state index in [1.165, 1.54) is 5.48 Å². The second-order valence-corrected chi connectivity index (χ2v) is 6.37. The molecule has 134 valence electrons. The minimum atomic E-state index is -0.976. The van der Waals surface area contributed by atoms with Gasteiger partial charge in [0, 0.05) is 31.7 Å². The summed E-state index contributed by atoms with van der Waals surface area (Å²) in [5.74, 6) is -3.11. The van der Waals surface area contributed by atoms with Gasteiger partial charge in [-0.25, -0.2) is 5.48 Å². The molecule has 1 heterocycles. The van der Waals surface area contributed by atoms with Gasteiger partial charge >= 0.3 is 0 Å². The van der Waals surface area contributed by atoms with Crippen molar-refractivity contribution in [3.05, 3.63) is 35.4 Å². The molecular weight excluding hydrogens is 324 g/mol. The molecule has 1 aromatic carbocycles. The summed E-state index contributed by atoms with van der Waals surface area (Å²) in [5.41, 5.74) is 3.42. The van der Waals surface area contributed by atoms with Crippen molar-refractivity contribution < 1.29 is 24.4 Å². The molecule has 1 aliphatic heterocycles. The van der Waals surface area contributed by atoms with Crippen LogP contribution in [0.2, 0.25) is 0 Å². The Morgan fingerprint density at radius 2 is 1.72 bits per heavy atom. The maximum absolute atomic E-state index is 12.5. The standard InChI is InChI=1S/C18H22N2O5/c1-11-3-5-13(6-4-11)12(2)15(21)9-14(18(24)19-25)10-20-16(22)7-8-17(20)23/h3-6,12,14,25H,7-10H2,1-2H3,(H,19,24). The predicted molar refractivity (Wildman–Crippen MR) is 88.6 cm³/mol. The number of aryl methyl sites for hydroxylation is 1. The van der Waals surface area contributed by atoms with Gasteiger partial charge in [0.1, 0.15) is 5.78 Å². The number of rotatable bonds is 7. The second kappa shape index (κ2) is 8.02. The monoisotopic (exact) mass is 346 g/mol. The van der Waals surface area contributed by atoms with Gasteiger partial charge in [0.25, 0.3) is 0 Å². The molecule has 0 spiro atoms. The Morgan fingerprint density at radius 1 is 1.16 bits per heavy atom. The molecule has 0 saturated carbocycles. The van der Waals surface area contributed by atoms with Crippen LogP contribution in [0.15, 0.2) is 24.3 Å². The zero-order valence-electron chi connectivity index (χ0n) is 14.3. The number of imide groups is 1. The van der Waals surface area contributed by atoms with Crippen molar-refractivity contribution in [2.24, 2.45) is 5.92 Å². The molecule has 0 bridgehead atoms. The summed E-state index contributed by atoms with van der Waals surface area (Å²) >= 11 is 0. The highest BCUT2D eigenvalue weighted by molar-refractivity contribution is 6.02. The molecule has 1 aliphatic rings. The molecule has 3 amide bonds. The molecule has 2 rings (SSSR count). The summed E-state index contributed by atoms with van der Waals surface area (Å²) < 4.78 is 0. The topological polar surface area (TPSA) is 104 Å². The van der Waals surface area contributed by atoms with Gasteiger partial charge in [-0.2, -0.15) is 0 Å². The second-order valence-electron chi connectivity index (χ2n) is 6.37. The van der Waals surface area contributed by atoms with Crippen LogP contribution in [0.1, 0.15) is 43.2 Å². The quantitative estimate of drug-likeness (QED) is 0.440. The summed E-state index contributed by atoms with van der Waals surface area (Å²) in [6, 6.07) is 7.51. The van der Waals surface area contributed by atoms with Gasteiger partial charge in [0.15, 0.2) is 0 Å². The first-order valence-corrected chi connectivity index (χ1v) is 8.20. The van der Waals surface area contributed by atoms with Crippen molar-refractivity contribution in [2.45, 2.75) is 39.0 Å². The Hall–Kier alpha value is -2.54. The maximum Gasteiger partial charge on any atom is 0.248 e. The molecular formula is C18H22N2O5. The number of benzene rings is 1. The van der Waals surface area contributed by atoms with Crippen LogP contribution >= 0.6 is 0 Å². The van der Waals surface area contributed by atoms with Crippen molar-refractivity contribution in [3.8, 4) is 0 Å². The number of nitrogens with one attached hydrogen (secondary N) is 1. The molecule has 1 saturated heterocycles. The predicted octanol–water partition coefficient (Wildman–Crippen LogP) is 1.33. The number of carbonyl (C=O) groups is 4. The molecule has 1 aromatic rings. The van der Waals surface area contributed by atoms with Crippen LogP contribution in [-0.4, -0.2) is 40.2 Å². The van der Waals surface area contributed by atoms with Gasteiger partial charge in [0.2, 0.25) is 17.7 Å². The number of likely N-dealkylation sites (tertiary alicyclic amines) is 1. The highest BCUT2D eigenvalue weighted by Gasteiger charge is 2.34. The molecule has 7 heteroatoms. The van der Waals surface area contributed by atoms with E-state index in [-0.39, 0.29) is 43.4 Å². The molecule has 1 fully saturated rings. The van der Waals surface area contributed by atoms with Gasteiger partial charge in [0.05, 0.1) is 5.92 Å². The van der Waals surface area contributed by atoms with E-state index in [1.807, 2.05) is 31.2 Å². The van der Waals surface area contributed by atoms with Gasteiger partial charge in [-0.3, -0.25) is 29.3 Å². The third kappa shape index (κ3) is 4.51. The number of nitrogens with zero attached hydrogens (tertiary/aromatic N) is 1. The summed E-state index contributed by atoms with van der Waals surface area (Å²) in [6.07, 6.45) is 0.0541. The van der Waals surface area contributed by atoms with Crippen LogP contribution < -0.4 is 5.48 Å². The number of hydroxylamine groups is 1. The number of amides is 3. The minimum Gasteiger partial charge on any atom is -0.299 e. The zero-order valence-corrected chi connectivity index (χ0v) is 14.3. The van der Waals surface area contributed by atoms with Crippen molar-refractivity contribution in [1.29, 1.82) is 0 Å². The molecule has 7 nitrogen and oxygen atoms in total. The van der Waals surface area contributed by atoms with Crippen molar-refractivity contribution >= 4 is 23.5 Å². The van der Waals surface area contributed by atoms with E-state index in [4.69, 9.17) is 5.21 Å². The molecule has 2 N–H and O–H groups in total. The highest BCUT2D eigenvalue weighted by Crippen LogP contribution is 2.22. The highest BCUT2D eigenvalue weighted by atomic mass is 16.5. The Labute approximate surface area is 146 Å². The summed E-state index contributed by atoms with van der Waals surface area (Å²) in [6.45, 7) is 3.49. The van der Waals surface area contributed by atoms with Crippen LogP contribution in [0.4, 0.5) is 0 Å². The Kier molecular flexibility index (Phi) is 6.03. The average Bonchev–Trinajstić information content (AvgIpc) is 2.92. The fraction of sp³-hybridized carbons (Fsp3) is 0.444. The Balaban J connectivity index is 2.09. The first-order chi connectivity index (χ1) is 11.8. The zero-order chi connectivity index (χ0) is 18.6. The van der Waals surface area contributed by atoms with E-state index < -0.39 is 17.7 Å². The molecule has 0 aliphatic carbocycles. The third-order valence-corrected chi connectivity index (χ3v) is 4.55. The van der Waals surface area contributed by atoms with Crippen molar-refractivity contribution in [3.63, 3.8) is 0 Å². The smallest absolute Gasteiger partial charge is 0.248 e. The first-order valence-electron chi connectivity index (χ1n) is 8.20. The fourth-order valence-electron chi connectivity index (χ4n) is 2.84. The lowest BCUT2D eigenvalue weighted by atomic mass is 9.89. The number of ketones is 1. The molecule has 0 radical (unpaired) electrons. The Morgan fingerprint density at radius 3 is 2.24 bits per heavy atom. The molecule has 2 atom stereocenters. The fourth-order valence-corrected chi connectivity index (χ4v) is 2.84. The van der Waals surface area contributed by atoms with Crippen LogP contribution in [0, 0.1) is 12.8 Å². The number of carbonyl (C=O) groups excluding carboxylic acids is 4. The molecule has 0 aromatic heterocycles. The van der Waals surface area contributed by atoms with Gasteiger partial charge in [-0.1, -0.05) is 36.8 Å². The van der Waals surface area contributed by atoms with Crippen LogP contribution in [0.25, 0.3) is 0 Å². The van der Waals surface area contributed by atoms with E-state index in [1.54, 1.807) is 6.92 Å². The van der Waals surface area contributed by atoms with Crippen molar-refractivity contribution in [2.75, 3.05) is 6.54 Å². The largest absolute Gasteiger partial charge is 0.299 e.